The maximum absolute atomic E-state index is 11.9. The molecule has 0 unspecified atom stereocenters. The molecule has 0 saturated heterocycles. The van der Waals surface area contributed by atoms with Gasteiger partial charge in [0.25, 0.3) is 0 Å². The Bertz CT molecular complexity index is 795. The standard InChI is InChI=1S/C18H21ClN2O3S/c19-17-8-4-7-16(13-17)9-11-20-18(22)14-21-25(23,24)12-10-15-5-2-1-3-6-15/h1-8,13,21H,9-12,14H2,(H,20,22). The lowest BCUT2D eigenvalue weighted by molar-refractivity contribution is -0.119. The van der Waals surface area contributed by atoms with Crippen LogP contribution in [0.5, 0.6) is 0 Å². The van der Waals surface area contributed by atoms with Crippen LogP contribution in [-0.4, -0.2) is 33.2 Å². The fraction of sp³-hybridized carbons (Fsp3) is 0.278. The van der Waals surface area contributed by atoms with Crippen LogP contribution in [-0.2, 0) is 27.7 Å². The van der Waals surface area contributed by atoms with Crippen molar-refractivity contribution in [2.45, 2.75) is 12.8 Å². The van der Waals surface area contributed by atoms with Crippen molar-refractivity contribution in [3.8, 4) is 0 Å². The molecule has 0 aromatic heterocycles. The number of hydrogen-bond acceptors (Lipinski definition) is 3. The van der Waals surface area contributed by atoms with E-state index in [1.807, 2.05) is 48.5 Å². The molecule has 0 saturated carbocycles. The Morgan fingerprint density at radius 1 is 0.960 bits per heavy atom. The second kappa shape index (κ2) is 9.56. The number of sulfonamides is 1. The summed E-state index contributed by atoms with van der Waals surface area (Å²) in [6.07, 6.45) is 1.04. The lowest BCUT2D eigenvalue weighted by atomic mass is 10.1. The highest BCUT2D eigenvalue weighted by molar-refractivity contribution is 7.89. The summed E-state index contributed by atoms with van der Waals surface area (Å²) in [5.74, 6) is -0.405. The highest BCUT2D eigenvalue weighted by atomic mass is 35.5. The molecule has 0 atom stereocenters. The number of halogens is 1. The monoisotopic (exact) mass is 380 g/mol. The Hall–Kier alpha value is -1.89. The summed E-state index contributed by atoms with van der Waals surface area (Å²) in [6, 6.07) is 16.7. The number of hydrogen-bond donors (Lipinski definition) is 2. The van der Waals surface area contributed by atoms with Crippen LogP contribution >= 0.6 is 11.6 Å². The molecule has 0 bridgehead atoms. The number of carbonyl (C=O) groups is 1. The minimum Gasteiger partial charge on any atom is -0.355 e. The molecule has 5 nitrogen and oxygen atoms in total. The highest BCUT2D eigenvalue weighted by Crippen LogP contribution is 2.10. The van der Waals surface area contributed by atoms with Gasteiger partial charge in [0, 0.05) is 11.6 Å². The summed E-state index contributed by atoms with van der Waals surface area (Å²) >= 11 is 5.90. The third-order valence-corrected chi connectivity index (χ3v) is 5.14. The second-order valence-electron chi connectivity index (χ2n) is 5.61. The lowest BCUT2D eigenvalue weighted by Crippen LogP contribution is -2.38. The zero-order chi connectivity index (χ0) is 18.1. The van der Waals surface area contributed by atoms with Crippen LogP contribution in [0.2, 0.25) is 5.02 Å². The molecule has 2 aromatic carbocycles. The quantitative estimate of drug-likeness (QED) is 0.700. The fourth-order valence-electron chi connectivity index (χ4n) is 2.25. The Morgan fingerprint density at radius 3 is 2.40 bits per heavy atom. The van der Waals surface area contributed by atoms with Crippen LogP contribution in [0.25, 0.3) is 0 Å². The van der Waals surface area contributed by atoms with E-state index in [-0.39, 0.29) is 18.2 Å². The van der Waals surface area contributed by atoms with Gasteiger partial charge in [-0.1, -0.05) is 54.1 Å². The number of amides is 1. The van der Waals surface area contributed by atoms with Gasteiger partial charge in [0.1, 0.15) is 0 Å². The minimum absolute atomic E-state index is 0.0488. The van der Waals surface area contributed by atoms with E-state index < -0.39 is 10.0 Å². The first-order valence-electron chi connectivity index (χ1n) is 7.97. The Kier molecular flexibility index (Phi) is 7.43. The number of aryl methyl sites for hydroxylation is 1. The van der Waals surface area contributed by atoms with Crippen LogP contribution in [0.4, 0.5) is 0 Å². The molecule has 0 fully saturated rings. The van der Waals surface area contributed by atoms with Crippen LogP contribution in [0.1, 0.15) is 11.1 Å². The zero-order valence-electron chi connectivity index (χ0n) is 13.7. The summed E-state index contributed by atoms with van der Waals surface area (Å²) in [7, 11) is -3.49. The van der Waals surface area contributed by atoms with Crippen molar-refractivity contribution >= 4 is 27.5 Å². The Labute approximate surface area is 153 Å². The molecule has 134 valence electrons. The van der Waals surface area contributed by atoms with Gasteiger partial charge in [0.05, 0.1) is 12.3 Å². The molecule has 0 aliphatic heterocycles. The molecule has 0 heterocycles. The van der Waals surface area contributed by atoms with Crippen molar-refractivity contribution < 1.29 is 13.2 Å². The summed E-state index contributed by atoms with van der Waals surface area (Å²) in [4.78, 5) is 11.8. The van der Waals surface area contributed by atoms with E-state index in [1.54, 1.807) is 6.07 Å². The van der Waals surface area contributed by atoms with Crippen molar-refractivity contribution in [1.82, 2.24) is 10.0 Å². The van der Waals surface area contributed by atoms with E-state index in [0.717, 1.165) is 11.1 Å². The Morgan fingerprint density at radius 2 is 1.68 bits per heavy atom. The molecule has 0 spiro atoms. The van der Waals surface area contributed by atoms with Gasteiger partial charge in [0.2, 0.25) is 15.9 Å². The number of benzene rings is 2. The Balaban J connectivity index is 1.68. The molecule has 0 aliphatic rings. The van der Waals surface area contributed by atoms with E-state index >= 15 is 0 Å². The van der Waals surface area contributed by atoms with Crippen molar-refractivity contribution in [2.24, 2.45) is 0 Å². The van der Waals surface area contributed by atoms with Crippen molar-refractivity contribution in [3.05, 3.63) is 70.7 Å². The van der Waals surface area contributed by atoms with Crippen LogP contribution in [0.3, 0.4) is 0 Å². The van der Waals surface area contributed by atoms with Gasteiger partial charge >= 0.3 is 0 Å². The van der Waals surface area contributed by atoms with Gasteiger partial charge in [-0.15, -0.1) is 0 Å². The third-order valence-electron chi connectivity index (χ3n) is 3.58. The van der Waals surface area contributed by atoms with Crippen molar-refractivity contribution in [3.63, 3.8) is 0 Å². The fourth-order valence-corrected chi connectivity index (χ4v) is 3.46. The van der Waals surface area contributed by atoms with E-state index in [1.165, 1.54) is 0 Å². The first kappa shape index (κ1) is 19.4. The smallest absolute Gasteiger partial charge is 0.235 e. The molecular weight excluding hydrogens is 360 g/mol. The van der Waals surface area contributed by atoms with Gasteiger partial charge in [-0.3, -0.25) is 4.79 Å². The van der Waals surface area contributed by atoms with Gasteiger partial charge in [-0.25, -0.2) is 13.1 Å². The van der Waals surface area contributed by atoms with Gasteiger partial charge in [-0.2, -0.15) is 0 Å². The van der Waals surface area contributed by atoms with Crippen LogP contribution in [0, 0.1) is 0 Å². The first-order chi connectivity index (χ1) is 11.9. The van der Waals surface area contributed by atoms with Gasteiger partial charge < -0.3 is 5.32 Å². The molecule has 1 amide bonds. The van der Waals surface area contributed by atoms with E-state index in [0.29, 0.717) is 24.4 Å². The van der Waals surface area contributed by atoms with E-state index in [4.69, 9.17) is 11.6 Å². The van der Waals surface area contributed by atoms with Gasteiger partial charge in [0.15, 0.2) is 0 Å². The number of carbonyl (C=O) groups excluding carboxylic acids is 1. The second-order valence-corrected chi connectivity index (χ2v) is 7.97. The molecular formula is C18H21ClN2O3S. The predicted molar refractivity (Wildman–Crippen MR) is 100 cm³/mol. The molecule has 25 heavy (non-hydrogen) atoms. The highest BCUT2D eigenvalue weighted by Gasteiger charge is 2.12. The maximum Gasteiger partial charge on any atom is 0.235 e. The van der Waals surface area contributed by atoms with E-state index in [9.17, 15) is 13.2 Å². The summed E-state index contributed by atoms with van der Waals surface area (Å²) in [5, 5.41) is 3.34. The summed E-state index contributed by atoms with van der Waals surface area (Å²) in [6.45, 7) is 0.164. The third kappa shape index (κ3) is 7.69. The maximum atomic E-state index is 11.9. The average molecular weight is 381 g/mol. The van der Waals surface area contributed by atoms with Gasteiger partial charge in [-0.05, 0) is 36.1 Å². The SMILES string of the molecule is O=C(CNS(=O)(=O)CCc1ccccc1)NCCc1cccc(Cl)c1. The topological polar surface area (TPSA) is 75.3 Å². The molecule has 2 rings (SSSR count). The summed E-state index contributed by atoms with van der Waals surface area (Å²) in [5.41, 5.74) is 1.95. The minimum atomic E-state index is -3.49. The lowest BCUT2D eigenvalue weighted by Gasteiger charge is -2.08. The summed E-state index contributed by atoms with van der Waals surface area (Å²) < 4.78 is 26.2. The number of rotatable bonds is 9. The molecule has 2 aromatic rings. The normalized spacial score (nSPS) is 11.2. The molecule has 7 heteroatoms. The van der Waals surface area contributed by atoms with E-state index in [2.05, 4.69) is 10.0 Å². The average Bonchev–Trinajstić information content (AvgIpc) is 2.60. The van der Waals surface area contributed by atoms with Crippen LogP contribution in [0.15, 0.2) is 54.6 Å². The van der Waals surface area contributed by atoms with Crippen molar-refractivity contribution in [1.29, 1.82) is 0 Å². The predicted octanol–water partition coefficient (Wildman–Crippen LogP) is 2.16. The largest absolute Gasteiger partial charge is 0.355 e. The zero-order valence-corrected chi connectivity index (χ0v) is 15.3. The molecule has 2 N–H and O–H groups in total. The molecule has 0 radical (unpaired) electrons. The number of nitrogens with one attached hydrogen (secondary N) is 2. The van der Waals surface area contributed by atoms with Crippen molar-refractivity contribution in [2.75, 3.05) is 18.8 Å². The molecule has 0 aliphatic carbocycles. The van der Waals surface area contributed by atoms with Crippen LogP contribution < -0.4 is 10.0 Å². The first-order valence-corrected chi connectivity index (χ1v) is 10.00.